The molecule has 3 aromatic carbocycles. The molecule has 0 aromatic heterocycles. The number of methoxy groups -OCH3 is 1. The first-order chi connectivity index (χ1) is 12.6. The van der Waals surface area contributed by atoms with Crippen LogP contribution in [-0.2, 0) is 20.1 Å². The van der Waals surface area contributed by atoms with Gasteiger partial charge in [-0.3, -0.25) is 9.27 Å². The molecule has 0 fully saturated rings. The second-order valence-corrected chi connectivity index (χ2v) is 8.72. The quantitative estimate of drug-likeness (QED) is 0.436. The molecule has 0 amide bonds. The van der Waals surface area contributed by atoms with Gasteiger partial charge in [-0.1, -0.05) is 24.3 Å². The summed E-state index contributed by atoms with van der Waals surface area (Å²) in [4.78, 5) is -0.502. The number of fused-ring (bicyclic) bond motifs is 1. The Balaban J connectivity index is 2.07. The summed E-state index contributed by atoms with van der Waals surface area (Å²) in [5.74, 6) is 0.00996. The summed E-state index contributed by atoms with van der Waals surface area (Å²) in [5, 5.41) is 1.28. The van der Waals surface area contributed by atoms with Crippen LogP contribution in [0.15, 0.2) is 64.4 Å². The highest BCUT2D eigenvalue weighted by Crippen LogP contribution is 2.37. The van der Waals surface area contributed by atoms with Crippen LogP contribution < -0.4 is 15.2 Å². The first-order valence-corrected chi connectivity index (χ1v) is 10.5. The molecule has 8 nitrogen and oxygen atoms in total. The number of nitrogens with two attached hydrogens (primary N) is 1. The average Bonchev–Trinajstić information content (AvgIpc) is 2.61. The summed E-state index contributed by atoms with van der Waals surface area (Å²) < 4.78 is 64.4. The minimum Gasteiger partial charge on any atom is -0.493 e. The van der Waals surface area contributed by atoms with E-state index in [2.05, 4.69) is 4.72 Å². The van der Waals surface area contributed by atoms with Crippen molar-refractivity contribution in [3.05, 3.63) is 54.6 Å². The molecule has 142 valence electrons. The van der Waals surface area contributed by atoms with Crippen LogP contribution >= 0.6 is 0 Å². The Bertz CT molecular complexity index is 1220. The van der Waals surface area contributed by atoms with Crippen molar-refractivity contribution in [1.82, 2.24) is 0 Å². The van der Waals surface area contributed by atoms with Gasteiger partial charge in [-0.15, -0.1) is 0 Å². The van der Waals surface area contributed by atoms with Gasteiger partial charge in [0.15, 0.2) is 5.75 Å². The van der Waals surface area contributed by atoms with E-state index in [-0.39, 0.29) is 26.9 Å². The van der Waals surface area contributed by atoms with E-state index < -0.39 is 20.1 Å². The highest BCUT2D eigenvalue weighted by atomic mass is 32.2. The van der Waals surface area contributed by atoms with Gasteiger partial charge in [-0.2, -0.15) is 8.42 Å². The summed E-state index contributed by atoms with van der Waals surface area (Å²) in [7, 11) is -7.14. The lowest BCUT2D eigenvalue weighted by Crippen LogP contribution is -2.15. The van der Waals surface area contributed by atoms with E-state index >= 15 is 0 Å². The summed E-state index contributed by atoms with van der Waals surface area (Å²) in [6.45, 7) is 0. The van der Waals surface area contributed by atoms with Crippen LogP contribution in [0.3, 0.4) is 0 Å². The van der Waals surface area contributed by atoms with Crippen molar-refractivity contribution in [2.45, 2.75) is 9.79 Å². The van der Waals surface area contributed by atoms with Crippen molar-refractivity contribution in [2.24, 2.45) is 0 Å². The third-order valence-corrected chi connectivity index (χ3v) is 6.16. The smallest absolute Gasteiger partial charge is 0.294 e. The molecule has 0 bridgehead atoms. The number of ether oxygens (including phenoxy) is 1. The van der Waals surface area contributed by atoms with Gasteiger partial charge < -0.3 is 10.5 Å². The molecule has 0 aliphatic heterocycles. The molecule has 0 radical (unpaired) electrons. The third kappa shape index (κ3) is 3.68. The zero-order chi connectivity index (χ0) is 19.8. The Morgan fingerprint density at radius 1 is 1.00 bits per heavy atom. The van der Waals surface area contributed by atoms with Gasteiger partial charge in [-0.05, 0) is 35.7 Å². The predicted octanol–water partition coefficient (Wildman–Crippen LogP) is 2.48. The van der Waals surface area contributed by atoms with Gasteiger partial charge >= 0.3 is 0 Å². The summed E-state index contributed by atoms with van der Waals surface area (Å²) >= 11 is 0. The van der Waals surface area contributed by atoms with Crippen LogP contribution in [0.5, 0.6) is 5.75 Å². The van der Waals surface area contributed by atoms with Crippen molar-refractivity contribution in [1.29, 1.82) is 0 Å². The van der Waals surface area contributed by atoms with Gasteiger partial charge in [-0.25, -0.2) is 8.42 Å². The topological polar surface area (TPSA) is 136 Å². The molecular formula is C17H16N2O6S2. The minimum absolute atomic E-state index is 0.00996. The highest BCUT2D eigenvalue weighted by Gasteiger charge is 2.23. The number of nitrogens with one attached hydrogen (secondary N) is 1. The van der Waals surface area contributed by atoms with Crippen LogP contribution in [0, 0.1) is 0 Å². The molecule has 0 aliphatic carbocycles. The SMILES string of the molecule is COc1c(S(=O)(=O)Nc2ccc(S(=O)(=O)O)cc2)cc2ccccc2c1N. The molecular weight excluding hydrogens is 392 g/mol. The van der Waals surface area contributed by atoms with Crippen LogP contribution in [0.4, 0.5) is 11.4 Å². The van der Waals surface area contributed by atoms with Gasteiger partial charge in [0.1, 0.15) is 4.90 Å². The van der Waals surface area contributed by atoms with Gasteiger partial charge in [0.25, 0.3) is 20.1 Å². The Morgan fingerprint density at radius 2 is 1.63 bits per heavy atom. The van der Waals surface area contributed by atoms with Crippen molar-refractivity contribution < 1.29 is 26.1 Å². The average molecular weight is 408 g/mol. The van der Waals surface area contributed by atoms with E-state index in [1.165, 1.54) is 25.3 Å². The fourth-order valence-corrected chi connectivity index (χ4v) is 4.40. The summed E-state index contributed by atoms with van der Waals surface area (Å²) in [6.07, 6.45) is 0. The van der Waals surface area contributed by atoms with Crippen molar-refractivity contribution in [3.63, 3.8) is 0 Å². The summed E-state index contributed by atoms with van der Waals surface area (Å²) in [5.41, 5.74) is 6.38. The van der Waals surface area contributed by atoms with Crippen LogP contribution in [0.25, 0.3) is 10.8 Å². The lowest BCUT2D eigenvalue weighted by atomic mass is 10.1. The van der Waals surface area contributed by atoms with E-state index in [1.54, 1.807) is 24.3 Å². The van der Waals surface area contributed by atoms with Gasteiger partial charge in [0.05, 0.1) is 17.7 Å². The molecule has 3 aromatic rings. The number of benzene rings is 3. The maximum atomic E-state index is 12.8. The van der Waals surface area contributed by atoms with Crippen molar-refractivity contribution in [3.8, 4) is 5.75 Å². The lowest BCUT2D eigenvalue weighted by molar-refractivity contribution is 0.406. The van der Waals surface area contributed by atoms with E-state index in [0.717, 1.165) is 12.1 Å². The molecule has 0 saturated heterocycles. The number of rotatable bonds is 5. The normalized spacial score (nSPS) is 12.1. The Labute approximate surface area is 156 Å². The molecule has 27 heavy (non-hydrogen) atoms. The molecule has 0 unspecified atom stereocenters. The molecule has 0 atom stereocenters. The predicted molar refractivity (Wildman–Crippen MR) is 102 cm³/mol. The third-order valence-electron chi connectivity index (χ3n) is 3.90. The first kappa shape index (κ1) is 19.0. The van der Waals surface area contributed by atoms with Crippen LogP contribution in [-0.4, -0.2) is 28.5 Å². The van der Waals surface area contributed by atoms with Crippen LogP contribution in [0.1, 0.15) is 0 Å². The molecule has 0 spiro atoms. The fourth-order valence-electron chi connectivity index (χ4n) is 2.65. The molecule has 0 heterocycles. The largest absolute Gasteiger partial charge is 0.493 e. The number of hydrogen-bond donors (Lipinski definition) is 3. The number of hydrogen-bond acceptors (Lipinski definition) is 6. The van der Waals surface area contributed by atoms with E-state index in [1.807, 2.05) is 0 Å². The first-order valence-electron chi connectivity index (χ1n) is 7.59. The van der Waals surface area contributed by atoms with Crippen LogP contribution in [0.2, 0.25) is 0 Å². The summed E-state index contributed by atoms with van der Waals surface area (Å²) in [6, 6.07) is 13.1. The Kier molecular flexibility index (Phi) is 4.72. The number of anilines is 2. The second-order valence-electron chi connectivity index (χ2n) is 5.65. The monoisotopic (exact) mass is 408 g/mol. The molecule has 4 N–H and O–H groups in total. The molecule has 3 rings (SSSR count). The Hall–Kier alpha value is -2.82. The zero-order valence-corrected chi connectivity index (χ0v) is 15.7. The van der Waals surface area contributed by atoms with E-state index in [4.69, 9.17) is 15.0 Å². The molecule has 10 heteroatoms. The number of sulfonamides is 1. The Morgan fingerprint density at radius 3 is 2.22 bits per heavy atom. The maximum Gasteiger partial charge on any atom is 0.294 e. The van der Waals surface area contributed by atoms with Crippen molar-refractivity contribution in [2.75, 3.05) is 17.6 Å². The van der Waals surface area contributed by atoms with E-state index in [9.17, 15) is 16.8 Å². The van der Waals surface area contributed by atoms with E-state index in [0.29, 0.717) is 10.8 Å². The zero-order valence-electron chi connectivity index (χ0n) is 14.1. The van der Waals surface area contributed by atoms with Crippen molar-refractivity contribution >= 4 is 42.3 Å². The number of nitrogen functional groups attached to an aromatic ring is 1. The fraction of sp³-hybridized carbons (Fsp3) is 0.0588. The standard InChI is InChI=1S/C17H16N2O6S2/c1-25-17-15(10-11-4-2-3-5-14(11)16(17)18)26(20,21)19-12-6-8-13(9-7-12)27(22,23)24/h2-10,19H,18H2,1H3,(H,22,23,24). The van der Waals surface area contributed by atoms with Gasteiger partial charge in [0, 0.05) is 11.1 Å². The highest BCUT2D eigenvalue weighted by molar-refractivity contribution is 7.92. The van der Waals surface area contributed by atoms with Gasteiger partial charge in [0.2, 0.25) is 0 Å². The minimum atomic E-state index is -4.37. The molecule has 0 aliphatic rings. The maximum absolute atomic E-state index is 12.8. The second kappa shape index (κ2) is 6.72. The molecule has 0 saturated carbocycles. The lowest BCUT2D eigenvalue weighted by Gasteiger charge is -2.15.